The fraction of sp³-hybridized carbons (Fsp3) is 0.214. The van der Waals surface area contributed by atoms with Crippen molar-refractivity contribution in [2.45, 2.75) is 6.92 Å². The molecule has 20 heavy (non-hydrogen) atoms. The molecule has 0 aliphatic carbocycles. The maximum atomic E-state index is 11.4. The smallest absolute Gasteiger partial charge is 0.348 e. The van der Waals surface area contributed by atoms with Gasteiger partial charge in [0.15, 0.2) is 0 Å². The summed E-state index contributed by atoms with van der Waals surface area (Å²) in [5.74, 6) is -1.66. The van der Waals surface area contributed by atoms with Gasteiger partial charge in [-0.2, -0.15) is 5.26 Å². The van der Waals surface area contributed by atoms with Crippen molar-refractivity contribution in [3.05, 3.63) is 35.4 Å². The minimum atomic E-state index is -1.32. The number of carbonyl (C=O) groups excluding carboxylic acids is 2. The first-order valence-electron chi connectivity index (χ1n) is 5.78. The van der Waals surface area contributed by atoms with Crippen molar-refractivity contribution in [1.82, 2.24) is 0 Å². The van der Waals surface area contributed by atoms with Gasteiger partial charge in [-0.25, -0.2) is 4.79 Å². The molecule has 0 aromatic heterocycles. The number of benzene rings is 1. The summed E-state index contributed by atoms with van der Waals surface area (Å²) in [5.41, 5.74) is 0.477. The van der Waals surface area contributed by atoms with Gasteiger partial charge < -0.3 is 19.4 Å². The van der Waals surface area contributed by atoms with Crippen LogP contribution in [0.25, 0.3) is 6.08 Å². The Balaban J connectivity index is 2.79. The maximum Gasteiger partial charge on any atom is 0.348 e. The van der Waals surface area contributed by atoms with Gasteiger partial charge in [-0.1, -0.05) is 12.1 Å². The Morgan fingerprint density at radius 3 is 2.50 bits per heavy atom. The lowest BCUT2D eigenvalue weighted by molar-refractivity contribution is -0.307. The summed E-state index contributed by atoms with van der Waals surface area (Å²) in [7, 11) is 0. The summed E-state index contributed by atoms with van der Waals surface area (Å²) >= 11 is 0. The van der Waals surface area contributed by atoms with Gasteiger partial charge in [0.05, 0.1) is 12.6 Å². The molecule has 0 heterocycles. The summed E-state index contributed by atoms with van der Waals surface area (Å²) in [6.07, 6.45) is 1.38. The Morgan fingerprint density at radius 1 is 1.35 bits per heavy atom. The molecule has 0 saturated heterocycles. The number of nitrogens with zero attached hydrogens (tertiary/aromatic N) is 1. The molecule has 0 aliphatic rings. The van der Waals surface area contributed by atoms with Gasteiger partial charge in [0.2, 0.25) is 0 Å². The van der Waals surface area contributed by atoms with Gasteiger partial charge in [0, 0.05) is 0 Å². The summed E-state index contributed by atoms with van der Waals surface area (Å²) in [6, 6.07) is 7.97. The predicted octanol–water partition coefficient (Wildman–Crippen LogP) is 0.285. The van der Waals surface area contributed by atoms with E-state index in [2.05, 4.69) is 0 Å². The molecule has 0 amide bonds. The molecule has 0 unspecified atom stereocenters. The van der Waals surface area contributed by atoms with Crippen molar-refractivity contribution >= 4 is 18.0 Å². The van der Waals surface area contributed by atoms with E-state index in [1.54, 1.807) is 25.1 Å². The normalized spacial score (nSPS) is 10.5. The third kappa shape index (κ3) is 4.82. The van der Waals surface area contributed by atoms with Gasteiger partial charge in [0.25, 0.3) is 0 Å². The third-order valence-electron chi connectivity index (χ3n) is 2.16. The van der Waals surface area contributed by atoms with Crippen LogP contribution in [0, 0.1) is 11.3 Å². The van der Waals surface area contributed by atoms with E-state index < -0.39 is 18.5 Å². The molecular weight excluding hydrogens is 262 g/mol. The molecule has 0 N–H and O–H groups in total. The average Bonchev–Trinajstić information content (AvgIpc) is 2.44. The van der Waals surface area contributed by atoms with Crippen LogP contribution in [0.5, 0.6) is 5.75 Å². The zero-order valence-corrected chi connectivity index (χ0v) is 10.8. The van der Waals surface area contributed by atoms with E-state index in [0.717, 1.165) is 0 Å². The highest BCUT2D eigenvalue weighted by Crippen LogP contribution is 2.14. The van der Waals surface area contributed by atoms with Crippen molar-refractivity contribution in [1.29, 1.82) is 5.26 Å². The lowest BCUT2D eigenvalue weighted by atomic mass is 10.1. The van der Waals surface area contributed by atoms with Crippen LogP contribution in [0.4, 0.5) is 0 Å². The summed E-state index contributed by atoms with van der Waals surface area (Å²) in [4.78, 5) is 21.6. The molecule has 1 rings (SSSR count). The van der Waals surface area contributed by atoms with Crippen LogP contribution in [0.1, 0.15) is 12.5 Å². The number of carbonyl (C=O) groups is 2. The van der Waals surface area contributed by atoms with Gasteiger partial charge in [-0.05, 0) is 30.7 Å². The molecule has 1 aromatic carbocycles. The predicted molar refractivity (Wildman–Crippen MR) is 67.2 cm³/mol. The first-order chi connectivity index (χ1) is 9.56. The molecule has 104 valence electrons. The van der Waals surface area contributed by atoms with Gasteiger partial charge in [0.1, 0.15) is 24.0 Å². The topological polar surface area (TPSA) is 99.5 Å². The minimum Gasteiger partial charge on any atom is -0.546 e. The fourth-order valence-corrected chi connectivity index (χ4v) is 1.31. The zero-order chi connectivity index (χ0) is 15.0. The molecule has 6 heteroatoms. The first-order valence-corrected chi connectivity index (χ1v) is 5.78. The molecule has 0 atom stereocenters. The van der Waals surface area contributed by atoms with Crippen LogP contribution >= 0.6 is 0 Å². The Kier molecular flexibility index (Phi) is 5.78. The zero-order valence-electron chi connectivity index (χ0n) is 10.8. The number of ether oxygens (including phenoxy) is 2. The Hall–Kier alpha value is -2.81. The summed E-state index contributed by atoms with van der Waals surface area (Å²) < 4.78 is 9.63. The van der Waals surface area contributed by atoms with Gasteiger partial charge in [-0.3, -0.25) is 0 Å². The number of hydrogen-bond donors (Lipinski definition) is 0. The van der Waals surface area contributed by atoms with Crippen LogP contribution in [-0.4, -0.2) is 25.2 Å². The summed E-state index contributed by atoms with van der Waals surface area (Å²) in [6.45, 7) is 1.30. The van der Waals surface area contributed by atoms with Crippen molar-refractivity contribution in [2.24, 2.45) is 0 Å². The molecular formula is C14H12NO5-. The lowest BCUT2D eigenvalue weighted by Gasteiger charge is -2.06. The highest BCUT2D eigenvalue weighted by molar-refractivity contribution is 5.97. The van der Waals surface area contributed by atoms with Crippen molar-refractivity contribution in [3.63, 3.8) is 0 Å². The number of rotatable bonds is 6. The van der Waals surface area contributed by atoms with Crippen LogP contribution in [0.15, 0.2) is 29.8 Å². The second kappa shape index (κ2) is 7.59. The summed E-state index contributed by atoms with van der Waals surface area (Å²) in [5, 5.41) is 19.1. The number of esters is 1. The number of hydrogen-bond acceptors (Lipinski definition) is 6. The molecule has 0 bridgehead atoms. The van der Waals surface area contributed by atoms with E-state index in [4.69, 9.17) is 14.7 Å². The number of aliphatic carboxylic acids is 1. The monoisotopic (exact) mass is 274 g/mol. The van der Waals surface area contributed by atoms with E-state index in [-0.39, 0.29) is 12.2 Å². The van der Waals surface area contributed by atoms with Crippen molar-refractivity contribution in [3.8, 4) is 11.8 Å². The fourth-order valence-electron chi connectivity index (χ4n) is 1.31. The average molecular weight is 274 g/mol. The molecule has 0 radical (unpaired) electrons. The van der Waals surface area contributed by atoms with Crippen LogP contribution in [0.2, 0.25) is 0 Å². The quantitative estimate of drug-likeness (QED) is 0.420. The Bertz CT molecular complexity index is 554. The second-order valence-electron chi connectivity index (χ2n) is 3.62. The second-order valence-corrected chi connectivity index (χ2v) is 3.62. The standard InChI is InChI=1S/C14H13NO5/c1-2-19-14(18)11(8-15)7-10-3-5-12(6-4-10)20-9-13(16)17/h3-7H,2,9H2,1H3,(H,16,17)/p-1/b11-7+. The maximum absolute atomic E-state index is 11.4. The van der Waals surface area contributed by atoms with E-state index >= 15 is 0 Å². The van der Waals surface area contributed by atoms with Gasteiger partial charge >= 0.3 is 5.97 Å². The lowest BCUT2D eigenvalue weighted by Crippen LogP contribution is -2.28. The van der Waals surface area contributed by atoms with Crippen LogP contribution in [-0.2, 0) is 14.3 Å². The molecule has 1 aromatic rings. The Labute approximate surface area is 115 Å². The number of nitriles is 1. The molecule has 6 nitrogen and oxygen atoms in total. The molecule has 0 fully saturated rings. The van der Waals surface area contributed by atoms with Crippen molar-refractivity contribution < 1.29 is 24.2 Å². The van der Waals surface area contributed by atoms with Crippen LogP contribution in [0.3, 0.4) is 0 Å². The Morgan fingerprint density at radius 2 is 2.00 bits per heavy atom. The van der Waals surface area contributed by atoms with Crippen molar-refractivity contribution in [2.75, 3.05) is 13.2 Å². The molecule has 0 spiro atoms. The minimum absolute atomic E-state index is 0.116. The largest absolute Gasteiger partial charge is 0.546 e. The number of carboxylic acids is 1. The number of carboxylic acid groups (broad SMARTS) is 1. The van der Waals surface area contributed by atoms with E-state index in [1.165, 1.54) is 18.2 Å². The highest BCUT2D eigenvalue weighted by atomic mass is 16.5. The third-order valence-corrected chi connectivity index (χ3v) is 2.16. The van der Waals surface area contributed by atoms with Crippen LogP contribution < -0.4 is 9.84 Å². The molecule has 0 aliphatic heterocycles. The first kappa shape index (κ1) is 15.2. The molecule has 0 saturated carbocycles. The highest BCUT2D eigenvalue weighted by Gasteiger charge is 2.09. The van der Waals surface area contributed by atoms with E-state index in [0.29, 0.717) is 11.3 Å². The SMILES string of the molecule is CCOC(=O)/C(C#N)=C/c1ccc(OCC(=O)[O-])cc1. The van der Waals surface area contributed by atoms with E-state index in [1.807, 2.05) is 0 Å². The van der Waals surface area contributed by atoms with Gasteiger partial charge in [-0.15, -0.1) is 0 Å². The van der Waals surface area contributed by atoms with E-state index in [9.17, 15) is 14.7 Å².